The number of thioether (sulfide) groups is 1. The summed E-state index contributed by atoms with van der Waals surface area (Å²) >= 11 is 7.30. The number of halogens is 1. The summed E-state index contributed by atoms with van der Waals surface area (Å²) in [5, 5.41) is 8.81. The molecule has 2 saturated heterocycles. The summed E-state index contributed by atoms with van der Waals surface area (Å²) in [7, 11) is 0. The molecule has 0 aromatic heterocycles. The Morgan fingerprint density at radius 2 is 1.74 bits per heavy atom. The lowest BCUT2D eigenvalue weighted by Crippen LogP contribution is -2.42. The number of amides is 3. The van der Waals surface area contributed by atoms with E-state index in [1.807, 2.05) is 6.92 Å². The number of carboxylic acid groups (broad SMARTS) is 1. The molecule has 9 nitrogen and oxygen atoms in total. The largest absolute Gasteiger partial charge is 0.490 e. The quantitative estimate of drug-likeness (QED) is 0.394. The summed E-state index contributed by atoms with van der Waals surface area (Å²) < 4.78 is 11.6. The molecule has 2 aromatic carbocycles. The van der Waals surface area contributed by atoms with Crippen LogP contribution < -0.4 is 9.47 Å². The third-order valence-electron chi connectivity index (χ3n) is 6.34. The Morgan fingerprint density at radius 3 is 2.38 bits per heavy atom. The molecule has 1 N–H and O–H groups in total. The number of hydrogen-bond acceptors (Lipinski definition) is 7. The van der Waals surface area contributed by atoms with Gasteiger partial charge in [-0.3, -0.25) is 19.3 Å². The smallest absolute Gasteiger partial charge is 0.335 e. The summed E-state index contributed by atoms with van der Waals surface area (Å²) in [5.74, 6) is -1.10. The van der Waals surface area contributed by atoms with Crippen molar-refractivity contribution in [3.63, 3.8) is 0 Å². The Labute approximate surface area is 235 Å². The molecule has 4 rings (SSSR count). The van der Waals surface area contributed by atoms with E-state index in [0.29, 0.717) is 36.8 Å². The van der Waals surface area contributed by atoms with Crippen molar-refractivity contribution in [1.82, 2.24) is 9.80 Å². The monoisotopic (exact) mass is 572 g/mol. The highest BCUT2D eigenvalue weighted by Crippen LogP contribution is 2.39. The summed E-state index contributed by atoms with van der Waals surface area (Å²) in [4.78, 5) is 52.3. The first kappa shape index (κ1) is 28.5. The number of likely N-dealkylation sites (tertiary alicyclic amines) is 1. The zero-order valence-electron chi connectivity index (χ0n) is 21.5. The Balaban J connectivity index is 1.48. The molecular weight excluding hydrogens is 544 g/mol. The molecular formula is C28H29ClN2O7S. The van der Waals surface area contributed by atoms with Crippen LogP contribution in [0.2, 0.25) is 5.02 Å². The van der Waals surface area contributed by atoms with Gasteiger partial charge >= 0.3 is 5.97 Å². The lowest BCUT2D eigenvalue weighted by Gasteiger charge is -2.22. The van der Waals surface area contributed by atoms with E-state index in [0.717, 1.165) is 47.9 Å². The number of ether oxygens (including phenoxy) is 2. The maximum atomic E-state index is 13.0. The van der Waals surface area contributed by atoms with Crippen molar-refractivity contribution >= 4 is 52.5 Å². The van der Waals surface area contributed by atoms with E-state index in [1.54, 1.807) is 35.2 Å². The fraction of sp³-hybridized carbons (Fsp3) is 0.357. The molecule has 0 aliphatic carbocycles. The van der Waals surface area contributed by atoms with Gasteiger partial charge < -0.3 is 19.5 Å². The van der Waals surface area contributed by atoms with Crippen LogP contribution in [-0.4, -0.2) is 64.2 Å². The number of carbonyl (C=O) groups excluding carboxylic acids is 3. The van der Waals surface area contributed by atoms with Crippen molar-refractivity contribution < 1.29 is 33.8 Å². The molecule has 2 aromatic rings. The van der Waals surface area contributed by atoms with Crippen LogP contribution in [-0.2, 0) is 16.2 Å². The second-order valence-electron chi connectivity index (χ2n) is 9.12. The van der Waals surface area contributed by atoms with Gasteiger partial charge in [-0.05, 0) is 73.0 Å². The van der Waals surface area contributed by atoms with E-state index in [9.17, 15) is 19.2 Å². The number of benzene rings is 2. The molecule has 3 amide bonds. The number of imide groups is 1. The van der Waals surface area contributed by atoms with Gasteiger partial charge in [-0.15, -0.1) is 0 Å². The molecule has 0 unspecified atom stereocenters. The van der Waals surface area contributed by atoms with Crippen LogP contribution in [0.5, 0.6) is 11.5 Å². The SMILES string of the molecule is CCOc1cc(C=C2SC(=O)N(CC(=O)N3CCCCCC3)C2=O)cc(Cl)c1OCc1ccc(C(=O)O)cc1. The van der Waals surface area contributed by atoms with Crippen molar-refractivity contribution in [3.8, 4) is 11.5 Å². The molecule has 0 saturated carbocycles. The first-order valence-corrected chi connectivity index (χ1v) is 13.9. The van der Waals surface area contributed by atoms with Crippen LogP contribution in [0.25, 0.3) is 6.08 Å². The van der Waals surface area contributed by atoms with Gasteiger partial charge in [0, 0.05) is 13.1 Å². The maximum absolute atomic E-state index is 13.0. The topological polar surface area (TPSA) is 113 Å². The van der Waals surface area contributed by atoms with Gasteiger partial charge in [0.1, 0.15) is 13.2 Å². The predicted octanol–water partition coefficient (Wildman–Crippen LogP) is 5.45. The van der Waals surface area contributed by atoms with Crippen LogP contribution in [0.15, 0.2) is 41.3 Å². The Hall–Kier alpha value is -3.50. The fourth-order valence-electron chi connectivity index (χ4n) is 4.32. The minimum Gasteiger partial charge on any atom is -0.490 e. The van der Waals surface area contributed by atoms with E-state index >= 15 is 0 Å². The first-order chi connectivity index (χ1) is 18.8. The van der Waals surface area contributed by atoms with Crippen molar-refractivity contribution in [2.45, 2.75) is 39.2 Å². The summed E-state index contributed by atoms with van der Waals surface area (Å²) in [5.41, 5.74) is 1.45. The summed E-state index contributed by atoms with van der Waals surface area (Å²) in [6, 6.07) is 9.55. The molecule has 2 fully saturated rings. The number of carbonyl (C=O) groups is 4. The molecule has 2 aliphatic heterocycles. The van der Waals surface area contributed by atoms with Gasteiger partial charge in [0.25, 0.3) is 11.1 Å². The fourth-order valence-corrected chi connectivity index (χ4v) is 5.43. The van der Waals surface area contributed by atoms with Crippen molar-refractivity contribution in [2.24, 2.45) is 0 Å². The van der Waals surface area contributed by atoms with Gasteiger partial charge in [-0.2, -0.15) is 0 Å². The van der Waals surface area contributed by atoms with Crippen LogP contribution >= 0.6 is 23.4 Å². The highest BCUT2D eigenvalue weighted by atomic mass is 35.5. The first-order valence-electron chi connectivity index (χ1n) is 12.7. The minimum atomic E-state index is -1.01. The lowest BCUT2D eigenvalue weighted by molar-refractivity contribution is -0.135. The highest BCUT2D eigenvalue weighted by molar-refractivity contribution is 8.18. The second kappa shape index (κ2) is 13.0. The van der Waals surface area contributed by atoms with Gasteiger partial charge in [-0.1, -0.05) is 36.6 Å². The normalized spacial score (nSPS) is 16.9. The number of nitrogens with zero attached hydrogens (tertiary/aromatic N) is 2. The zero-order chi connectivity index (χ0) is 27.9. The standard InChI is InChI=1S/C28H29ClN2O7S/c1-2-37-22-14-19(13-21(29)25(22)38-17-18-7-9-20(10-8-18)27(34)35)15-23-26(33)31(28(36)39-23)16-24(32)30-11-5-3-4-6-12-30/h7-10,13-15H,2-6,11-12,16-17H2,1H3,(H,34,35). The molecule has 0 atom stereocenters. The van der Waals surface area contributed by atoms with Crippen molar-refractivity contribution in [2.75, 3.05) is 26.2 Å². The average molecular weight is 573 g/mol. The van der Waals surface area contributed by atoms with E-state index in [2.05, 4.69) is 0 Å². The number of carboxylic acids is 1. The molecule has 206 valence electrons. The maximum Gasteiger partial charge on any atom is 0.335 e. The van der Waals surface area contributed by atoms with Crippen LogP contribution in [0.4, 0.5) is 4.79 Å². The van der Waals surface area contributed by atoms with E-state index in [-0.39, 0.29) is 34.6 Å². The Kier molecular flexibility index (Phi) is 9.53. The molecule has 2 aliphatic rings. The van der Waals surface area contributed by atoms with Crippen LogP contribution in [0, 0.1) is 0 Å². The van der Waals surface area contributed by atoms with Crippen LogP contribution in [0.1, 0.15) is 54.1 Å². The molecule has 11 heteroatoms. The molecule has 0 spiro atoms. The minimum absolute atomic E-state index is 0.128. The lowest BCUT2D eigenvalue weighted by atomic mass is 10.1. The van der Waals surface area contributed by atoms with E-state index < -0.39 is 17.1 Å². The van der Waals surface area contributed by atoms with E-state index in [4.69, 9.17) is 26.2 Å². The van der Waals surface area contributed by atoms with Crippen molar-refractivity contribution in [3.05, 3.63) is 63.0 Å². The third-order valence-corrected chi connectivity index (χ3v) is 7.53. The van der Waals surface area contributed by atoms with Crippen molar-refractivity contribution in [1.29, 1.82) is 0 Å². The van der Waals surface area contributed by atoms with Gasteiger partial charge in [-0.25, -0.2) is 4.79 Å². The molecule has 0 radical (unpaired) electrons. The van der Waals surface area contributed by atoms with Gasteiger partial charge in [0.05, 0.1) is 22.1 Å². The molecule has 39 heavy (non-hydrogen) atoms. The molecule has 2 heterocycles. The summed E-state index contributed by atoms with van der Waals surface area (Å²) in [6.07, 6.45) is 5.54. The molecule has 0 bridgehead atoms. The van der Waals surface area contributed by atoms with Gasteiger partial charge in [0.2, 0.25) is 5.91 Å². The predicted molar refractivity (Wildman–Crippen MR) is 148 cm³/mol. The second-order valence-corrected chi connectivity index (χ2v) is 10.5. The number of hydrogen-bond donors (Lipinski definition) is 1. The van der Waals surface area contributed by atoms with E-state index in [1.165, 1.54) is 12.1 Å². The highest BCUT2D eigenvalue weighted by Gasteiger charge is 2.37. The number of rotatable bonds is 9. The number of aromatic carboxylic acids is 1. The van der Waals surface area contributed by atoms with Crippen LogP contribution in [0.3, 0.4) is 0 Å². The zero-order valence-corrected chi connectivity index (χ0v) is 23.1. The summed E-state index contributed by atoms with van der Waals surface area (Å²) in [6.45, 7) is 3.29. The Morgan fingerprint density at radius 1 is 1.05 bits per heavy atom. The Bertz CT molecular complexity index is 1290. The third kappa shape index (κ3) is 7.13. The average Bonchev–Trinajstić information content (AvgIpc) is 3.09. The van der Waals surface area contributed by atoms with Gasteiger partial charge in [0.15, 0.2) is 11.5 Å².